The second-order valence-corrected chi connectivity index (χ2v) is 4.86. The van der Waals surface area contributed by atoms with Crippen molar-refractivity contribution in [1.82, 2.24) is 0 Å². The number of hydrogen-bond acceptors (Lipinski definition) is 2. The number of hydrogen-bond donors (Lipinski definition) is 0. The number of thiophene rings is 1. The molecule has 0 N–H and O–H groups in total. The van der Waals surface area contributed by atoms with Gasteiger partial charge in [-0.15, -0.1) is 0 Å². The summed E-state index contributed by atoms with van der Waals surface area (Å²) in [5, 5.41) is 11.5. The second-order valence-electron chi connectivity index (χ2n) is 1.65. The van der Waals surface area contributed by atoms with Gasteiger partial charge in [0.05, 0.1) is 0 Å². The Labute approximate surface area is 93.2 Å². The Morgan fingerprint density at radius 3 is 2.92 bits per heavy atom. The van der Waals surface area contributed by atoms with E-state index in [0.717, 1.165) is 9.09 Å². The monoisotopic (exact) mass is 221 g/mol. The Kier molecular flexibility index (Phi) is 6.58. The Morgan fingerprint density at radius 1 is 1.75 bits per heavy atom. The van der Waals surface area contributed by atoms with Crippen LogP contribution in [0.4, 0.5) is 0 Å². The molecule has 0 saturated heterocycles. The number of allylic oxidation sites excluding steroid dienone is 1. The van der Waals surface area contributed by atoms with Crippen LogP contribution in [-0.4, -0.2) is 18.9 Å². The third-order valence-corrected chi connectivity index (χ3v) is 4.15. The van der Waals surface area contributed by atoms with Gasteiger partial charge in [0, 0.05) is 0 Å². The Bertz CT molecular complexity index is 265. The van der Waals surface area contributed by atoms with E-state index in [-0.39, 0.29) is 32.8 Å². The van der Waals surface area contributed by atoms with E-state index >= 15 is 0 Å². The van der Waals surface area contributed by atoms with Crippen LogP contribution >= 0.6 is 11.3 Å². The van der Waals surface area contributed by atoms with E-state index in [4.69, 9.17) is 5.26 Å². The predicted molar refractivity (Wildman–Crippen MR) is 51.7 cm³/mol. The molecule has 1 nitrogen and oxygen atoms in total. The van der Waals surface area contributed by atoms with Crippen LogP contribution in [0.15, 0.2) is 30.2 Å². The molecule has 0 fully saturated rings. The van der Waals surface area contributed by atoms with Crippen LogP contribution in [0.1, 0.15) is 0 Å². The molecular formula is C8H9CuLiNS. The van der Waals surface area contributed by atoms with Crippen molar-refractivity contribution in [2.24, 2.45) is 0 Å². The van der Waals surface area contributed by atoms with E-state index in [1.807, 2.05) is 17.5 Å². The summed E-state index contributed by atoms with van der Waals surface area (Å²) < 4.78 is 1.15. The second kappa shape index (κ2) is 6.55. The van der Waals surface area contributed by atoms with Gasteiger partial charge in [-0.1, -0.05) is 0 Å². The molecule has 0 saturated carbocycles. The molecule has 12 heavy (non-hydrogen) atoms. The standard InChI is InChI=1S/C4H3S.C3H5.CN.Cu.Li.H/c1-2-4-5-3-1;1-3-2;1-2;;;/h1-3H;3H,1-2H2;;;;. The first-order valence-electron chi connectivity index (χ1n) is 2.95. The number of nitrogens with zero attached hydrogens (tertiary/aromatic N) is 1. The van der Waals surface area contributed by atoms with Crippen molar-refractivity contribution in [3.63, 3.8) is 0 Å². The zero-order valence-corrected chi connectivity index (χ0v) is 7.64. The summed E-state index contributed by atoms with van der Waals surface area (Å²) >= 11 is 1.44. The fraction of sp³-hybridized carbons (Fsp3) is 0.125. The normalized spacial score (nSPS) is 9.42. The summed E-state index contributed by atoms with van der Waals surface area (Å²) in [7, 11) is 0. The van der Waals surface area contributed by atoms with Crippen LogP contribution in [-0.2, 0) is 13.9 Å². The topological polar surface area (TPSA) is 23.8 Å². The molecule has 0 aliphatic carbocycles. The van der Waals surface area contributed by atoms with Gasteiger partial charge in [0.15, 0.2) is 0 Å². The van der Waals surface area contributed by atoms with Gasteiger partial charge < -0.3 is 0 Å². The van der Waals surface area contributed by atoms with E-state index in [0.29, 0.717) is 0 Å². The zero-order chi connectivity index (χ0) is 8.10. The molecule has 0 spiro atoms. The molecule has 1 aromatic heterocycles. The molecule has 1 heterocycles. The molecule has 0 amide bonds. The van der Waals surface area contributed by atoms with Gasteiger partial charge in [-0.25, -0.2) is 0 Å². The fourth-order valence-electron chi connectivity index (χ4n) is 0.558. The van der Waals surface area contributed by atoms with Gasteiger partial charge in [0.1, 0.15) is 0 Å². The van der Waals surface area contributed by atoms with Gasteiger partial charge in [-0.2, -0.15) is 0 Å². The van der Waals surface area contributed by atoms with Gasteiger partial charge in [0.2, 0.25) is 0 Å². The molecule has 0 unspecified atom stereocenters. The summed E-state index contributed by atoms with van der Waals surface area (Å²) in [6.45, 7) is 3.62. The maximum atomic E-state index is 8.75. The zero-order valence-electron chi connectivity index (χ0n) is 5.88. The average Bonchev–Trinajstić information content (AvgIpc) is 2.52. The van der Waals surface area contributed by atoms with Crippen LogP contribution in [0, 0.1) is 10.2 Å². The van der Waals surface area contributed by atoms with Crippen molar-refractivity contribution in [3.8, 4) is 4.97 Å². The number of nitriles is 1. The molecule has 0 aliphatic heterocycles. The van der Waals surface area contributed by atoms with Crippen molar-refractivity contribution < 1.29 is 13.9 Å². The summed E-state index contributed by atoms with van der Waals surface area (Å²) in [6, 6.07) is 3.97. The van der Waals surface area contributed by atoms with Crippen molar-refractivity contribution in [3.05, 3.63) is 30.2 Å². The molecule has 64 valence electrons. The van der Waals surface area contributed by atoms with Gasteiger partial charge in [0.25, 0.3) is 0 Å². The first kappa shape index (κ1) is 12.0. The van der Waals surface area contributed by atoms with E-state index < -0.39 is 0 Å². The summed E-state index contributed by atoms with van der Waals surface area (Å²) in [6.07, 6.45) is 1.79. The first-order valence-corrected chi connectivity index (χ1v) is 5.44. The molecule has 0 atom stereocenters. The van der Waals surface area contributed by atoms with Crippen LogP contribution in [0.25, 0.3) is 0 Å². The molecule has 0 bridgehead atoms. The average molecular weight is 222 g/mol. The van der Waals surface area contributed by atoms with Crippen molar-refractivity contribution in [2.75, 3.05) is 0 Å². The first-order chi connectivity index (χ1) is 5.38. The van der Waals surface area contributed by atoms with Gasteiger partial charge in [-0.3, -0.25) is 0 Å². The van der Waals surface area contributed by atoms with Gasteiger partial charge >= 0.3 is 93.6 Å². The van der Waals surface area contributed by atoms with Crippen LogP contribution in [0.2, 0.25) is 5.32 Å². The van der Waals surface area contributed by atoms with E-state index in [9.17, 15) is 0 Å². The minimum atomic E-state index is -0.192. The predicted octanol–water partition coefficient (Wildman–Crippen LogP) is 1.43. The summed E-state index contributed by atoms with van der Waals surface area (Å²) in [5.41, 5.74) is 0. The minimum absolute atomic E-state index is 0. The van der Waals surface area contributed by atoms with Crippen molar-refractivity contribution in [1.29, 1.82) is 5.26 Å². The molecule has 1 aromatic rings. The molecule has 4 heteroatoms. The molecule has 0 radical (unpaired) electrons. The van der Waals surface area contributed by atoms with Crippen molar-refractivity contribution >= 4 is 34.0 Å². The Morgan fingerprint density at radius 2 is 2.50 bits per heavy atom. The summed E-state index contributed by atoms with van der Waals surface area (Å²) in [5.74, 6) is 0. The molecular weight excluding hydrogens is 213 g/mol. The summed E-state index contributed by atoms with van der Waals surface area (Å²) in [4.78, 5) is 2.27. The third-order valence-electron chi connectivity index (χ3n) is 0.936. The third kappa shape index (κ3) is 3.19. The van der Waals surface area contributed by atoms with Crippen LogP contribution < -0.4 is 3.78 Å². The maximum absolute atomic E-state index is 8.75. The molecule has 1 rings (SSSR count). The SMILES string of the molecule is C=C[CH2][Cu]([C]#N)[c]1cccs1.[LiH]. The van der Waals surface area contributed by atoms with Crippen molar-refractivity contribution in [2.45, 2.75) is 5.32 Å². The van der Waals surface area contributed by atoms with E-state index in [1.165, 1.54) is 0 Å². The molecule has 0 aromatic carbocycles. The van der Waals surface area contributed by atoms with Crippen LogP contribution in [0.3, 0.4) is 0 Å². The van der Waals surface area contributed by atoms with Crippen LogP contribution in [0.5, 0.6) is 0 Å². The number of rotatable bonds is 3. The Hall–Kier alpha value is 0.0469. The fourth-order valence-corrected chi connectivity index (χ4v) is 2.92. The van der Waals surface area contributed by atoms with E-state index in [1.54, 1.807) is 17.4 Å². The quantitative estimate of drug-likeness (QED) is 0.560. The Balaban J connectivity index is 0.00000121. The molecule has 0 aliphatic rings. The van der Waals surface area contributed by atoms with Gasteiger partial charge in [-0.05, 0) is 0 Å². The van der Waals surface area contributed by atoms with E-state index in [2.05, 4.69) is 11.5 Å².